The van der Waals surface area contributed by atoms with Gasteiger partial charge in [0.05, 0.1) is 19.4 Å². The molecule has 0 heterocycles. The summed E-state index contributed by atoms with van der Waals surface area (Å²) < 4.78 is 43.3. The predicted octanol–water partition coefficient (Wildman–Crippen LogP) is 2.26. The van der Waals surface area contributed by atoms with Crippen LogP contribution in [0.4, 0.5) is 13.2 Å². The summed E-state index contributed by atoms with van der Waals surface area (Å²) in [6.45, 7) is 0.753. The fourth-order valence-electron chi connectivity index (χ4n) is 1.42. The average Bonchev–Trinajstić information content (AvgIpc) is 2.45. The van der Waals surface area contributed by atoms with Gasteiger partial charge in [-0.15, -0.1) is 0 Å². The van der Waals surface area contributed by atoms with Crippen molar-refractivity contribution in [2.45, 2.75) is 18.7 Å². The molecule has 2 N–H and O–H groups in total. The lowest BCUT2D eigenvalue weighted by Gasteiger charge is -2.27. The SMILES string of the molecule is CCOC=CC(O)(CNC(=O)c1ccccc1)C(F)(F)F. The third kappa shape index (κ3) is 4.78. The summed E-state index contributed by atoms with van der Waals surface area (Å²) in [5.74, 6) is -0.705. The van der Waals surface area contributed by atoms with Crippen molar-refractivity contribution in [2.75, 3.05) is 13.2 Å². The van der Waals surface area contributed by atoms with Crippen LogP contribution in [0.1, 0.15) is 17.3 Å². The Morgan fingerprint density at radius 2 is 1.95 bits per heavy atom. The highest BCUT2D eigenvalue weighted by Gasteiger charge is 2.52. The average molecular weight is 303 g/mol. The number of nitrogens with one attached hydrogen (secondary N) is 1. The van der Waals surface area contributed by atoms with E-state index in [-0.39, 0.29) is 12.2 Å². The lowest BCUT2D eigenvalue weighted by molar-refractivity contribution is -0.237. The van der Waals surface area contributed by atoms with E-state index < -0.39 is 24.2 Å². The second kappa shape index (κ2) is 7.12. The molecule has 1 amide bonds. The van der Waals surface area contributed by atoms with Crippen molar-refractivity contribution in [1.82, 2.24) is 5.32 Å². The molecule has 116 valence electrons. The van der Waals surface area contributed by atoms with Gasteiger partial charge < -0.3 is 15.2 Å². The third-order valence-corrected chi connectivity index (χ3v) is 2.65. The molecule has 1 atom stereocenters. The minimum absolute atomic E-state index is 0.167. The number of carbonyl (C=O) groups excluding carboxylic acids is 1. The molecule has 4 nitrogen and oxygen atoms in total. The fourth-order valence-corrected chi connectivity index (χ4v) is 1.42. The summed E-state index contributed by atoms with van der Waals surface area (Å²) in [7, 11) is 0. The van der Waals surface area contributed by atoms with Crippen molar-refractivity contribution < 1.29 is 27.8 Å². The summed E-state index contributed by atoms with van der Waals surface area (Å²) in [4.78, 5) is 11.7. The largest absolute Gasteiger partial charge is 0.502 e. The van der Waals surface area contributed by atoms with Gasteiger partial charge in [-0.1, -0.05) is 18.2 Å². The van der Waals surface area contributed by atoms with Gasteiger partial charge in [0, 0.05) is 5.56 Å². The van der Waals surface area contributed by atoms with Crippen LogP contribution in [0.2, 0.25) is 0 Å². The molecule has 0 aliphatic heterocycles. The zero-order chi connectivity index (χ0) is 15.9. The molecule has 7 heteroatoms. The van der Waals surface area contributed by atoms with Gasteiger partial charge in [-0.2, -0.15) is 13.2 Å². The second-order valence-electron chi connectivity index (χ2n) is 4.23. The maximum absolute atomic E-state index is 12.9. The van der Waals surface area contributed by atoms with Crippen LogP contribution in [0.3, 0.4) is 0 Å². The minimum atomic E-state index is -4.94. The molecular weight excluding hydrogens is 287 g/mol. The Labute approximate surface area is 120 Å². The van der Waals surface area contributed by atoms with Crippen molar-refractivity contribution in [1.29, 1.82) is 0 Å². The Morgan fingerprint density at radius 1 is 1.33 bits per heavy atom. The number of carbonyl (C=O) groups is 1. The Bertz CT molecular complexity index is 488. The van der Waals surface area contributed by atoms with E-state index in [2.05, 4.69) is 10.1 Å². The summed E-state index contributed by atoms with van der Waals surface area (Å²) in [6.07, 6.45) is -3.70. The van der Waals surface area contributed by atoms with E-state index in [1.54, 1.807) is 25.1 Å². The number of hydrogen-bond donors (Lipinski definition) is 2. The van der Waals surface area contributed by atoms with Crippen LogP contribution in [0.5, 0.6) is 0 Å². The van der Waals surface area contributed by atoms with Gasteiger partial charge in [-0.05, 0) is 25.1 Å². The normalized spacial score (nSPS) is 14.7. The van der Waals surface area contributed by atoms with E-state index in [4.69, 9.17) is 0 Å². The molecule has 1 aromatic carbocycles. The molecule has 0 saturated carbocycles. The number of ether oxygens (including phenoxy) is 1. The molecule has 0 bridgehead atoms. The van der Waals surface area contributed by atoms with Crippen LogP contribution in [-0.4, -0.2) is 35.9 Å². The highest BCUT2D eigenvalue weighted by molar-refractivity contribution is 5.94. The van der Waals surface area contributed by atoms with Crippen molar-refractivity contribution in [3.05, 3.63) is 48.2 Å². The van der Waals surface area contributed by atoms with Crippen molar-refractivity contribution in [3.63, 3.8) is 0 Å². The number of hydrogen-bond acceptors (Lipinski definition) is 3. The number of aliphatic hydroxyl groups is 1. The summed E-state index contributed by atoms with van der Waals surface area (Å²) >= 11 is 0. The first-order valence-electron chi connectivity index (χ1n) is 6.22. The Balaban J connectivity index is 2.77. The van der Waals surface area contributed by atoms with E-state index in [0.29, 0.717) is 6.08 Å². The first-order valence-corrected chi connectivity index (χ1v) is 6.22. The lowest BCUT2D eigenvalue weighted by Crippen LogP contribution is -2.52. The number of benzene rings is 1. The first-order chi connectivity index (χ1) is 9.80. The number of alkyl halides is 3. The quantitative estimate of drug-likeness (QED) is 0.793. The van der Waals surface area contributed by atoms with Crippen LogP contribution in [0.15, 0.2) is 42.7 Å². The van der Waals surface area contributed by atoms with Crippen LogP contribution in [-0.2, 0) is 4.74 Å². The molecule has 0 saturated heterocycles. The smallest absolute Gasteiger partial charge is 0.422 e. The standard InChI is InChI=1S/C14H16F3NO3/c1-2-21-9-8-13(20,14(15,16)17)10-18-12(19)11-6-4-3-5-7-11/h3-9,20H,2,10H2,1H3,(H,18,19). The molecule has 0 aliphatic rings. The van der Waals surface area contributed by atoms with Gasteiger partial charge in [-0.3, -0.25) is 4.79 Å². The Kier molecular flexibility index (Phi) is 5.78. The number of halogens is 3. The molecule has 0 radical (unpaired) electrons. The highest BCUT2D eigenvalue weighted by Crippen LogP contribution is 2.31. The number of rotatable bonds is 6. The molecular formula is C14H16F3NO3. The topological polar surface area (TPSA) is 58.6 Å². The predicted molar refractivity (Wildman–Crippen MR) is 70.5 cm³/mol. The van der Waals surface area contributed by atoms with Crippen molar-refractivity contribution >= 4 is 5.91 Å². The van der Waals surface area contributed by atoms with Gasteiger partial charge in [0.1, 0.15) is 0 Å². The van der Waals surface area contributed by atoms with E-state index >= 15 is 0 Å². The molecule has 21 heavy (non-hydrogen) atoms. The molecule has 0 fully saturated rings. The van der Waals surface area contributed by atoms with Crippen LogP contribution >= 0.6 is 0 Å². The van der Waals surface area contributed by atoms with Gasteiger partial charge in [0.25, 0.3) is 5.91 Å². The first kappa shape index (κ1) is 17.0. The molecule has 0 spiro atoms. The molecule has 1 unspecified atom stereocenters. The summed E-state index contributed by atoms with van der Waals surface area (Å²) in [5, 5.41) is 11.7. The Hall–Kier alpha value is -2.02. The third-order valence-electron chi connectivity index (χ3n) is 2.65. The summed E-state index contributed by atoms with van der Waals surface area (Å²) in [5.41, 5.74) is -2.98. The van der Waals surface area contributed by atoms with Crippen LogP contribution < -0.4 is 5.32 Å². The maximum Gasteiger partial charge on any atom is 0.422 e. The monoisotopic (exact) mass is 303 g/mol. The van der Waals surface area contributed by atoms with Gasteiger partial charge >= 0.3 is 6.18 Å². The van der Waals surface area contributed by atoms with E-state index in [9.17, 15) is 23.1 Å². The maximum atomic E-state index is 12.9. The highest BCUT2D eigenvalue weighted by atomic mass is 19.4. The van der Waals surface area contributed by atoms with Gasteiger partial charge in [-0.25, -0.2) is 0 Å². The van der Waals surface area contributed by atoms with Crippen molar-refractivity contribution in [3.8, 4) is 0 Å². The van der Waals surface area contributed by atoms with E-state index in [1.165, 1.54) is 12.1 Å². The molecule has 0 aromatic heterocycles. The van der Waals surface area contributed by atoms with Crippen LogP contribution in [0, 0.1) is 0 Å². The Morgan fingerprint density at radius 3 is 2.48 bits per heavy atom. The van der Waals surface area contributed by atoms with E-state index in [0.717, 1.165) is 6.26 Å². The zero-order valence-electron chi connectivity index (χ0n) is 11.4. The second-order valence-corrected chi connectivity index (χ2v) is 4.23. The molecule has 1 rings (SSSR count). The fraction of sp³-hybridized carbons (Fsp3) is 0.357. The zero-order valence-corrected chi connectivity index (χ0v) is 11.4. The molecule has 0 aliphatic carbocycles. The lowest BCUT2D eigenvalue weighted by atomic mass is 10.0. The number of amides is 1. The van der Waals surface area contributed by atoms with Crippen molar-refractivity contribution in [2.24, 2.45) is 0 Å². The van der Waals surface area contributed by atoms with E-state index in [1.807, 2.05) is 0 Å². The minimum Gasteiger partial charge on any atom is -0.502 e. The van der Waals surface area contributed by atoms with Gasteiger partial charge in [0.2, 0.25) is 0 Å². The van der Waals surface area contributed by atoms with Gasteiger partial charge in [0.15, 0.2) is 5.60 Å². The summed E-state index contributed by atoms with van der Waals surface area (Å²) in [6, 6.07) is 7.75. The molecule has 1 aromatic rings. The van der Waals surface area contributed by atoms with Crippen LogP contribution in [0.25, 0.3) is 0 Å².